The maximum atomic E-state index is 13.1. The molecule has 5 rings (SSSR count). The first-order valence-corrected chi connectivity index (χ1v) is 11.6. The van der Waals surface area contributed by atoms with Gasteiger partial charge in [-0.1, -0.05) is 6.08 Å². The Hall–Kier alpha value is -2.98. The number of hydrogen-bond donors (Lipinski definition) is 1. The summed E-state index contributed by atoms with van der Waals surface area (Å²) in [6.45, 7) is 9.46. The Balaban J connectivity index is 1.32. The summed E-state index contributed by atoms with van der Waals surface area (Å²) in [4.78, 5) is 52.8. The van der Waals surface area contributed by atoms with Crippen molar-refractivity contribution in [3.8, 4) is 0 Å². The van der Waals surface area contributed by atoms with Gasteiger partial charge in [0, 0.05) is 25.2 Å². The van der Waals surface area contributed by atoms with Gasteiger partial charge in [0.05, 0.1) is 22.3 Å². The summed E-state index contributed by atoms with van der Waals surface area (Å²) >= 11 is 0. The molecule has 10 heteroatoms. The van der Waals surface area contributed by atoms with Gasteiger partial charge in [-0.05, 0) is 64.2 Å². The van der Waals surface area contributed by atoms with Gasteiger partial charge in [-0.15, -0.1) is 0 Å². The summed E-state index contributed by atoms with van der Waals surface area (Å²) < 4.78 is 12.3. The highest BCUT2D eigenvalue weighted by atomic mass is 16.7. The first-order valence-electron chi connectivity index (χ1n) is 11.6. The molecule has 1 aromatic rings. The van der Waals surface area contributed by atoms with Crippen molar-refractivity contribution in [2.24, 2.45) is 0 Å². The Bertz CT molecular complexity index is 1130. The molecular weight excluding hydrogens is 437 g/mol. The number of nitrogens with zero attached hydrogens (tertiary/aromatic N) is 2. The molecule has 1 N–H and O–H groups in total. The van der Waals surface area contributed by atoms with Crippen LogP contribution in [0.5, 0.6) is 0 Å². The zero-order valence-corrected chi connectivity index (χ0v) is 19.8. The van der Waals surface area contributed by atoms with E-state index >= 15 is 0 Å². The molecule has 4 aliphatic rings. The van der Waals surface area contributed by atoms with E-state index in [1.807, 2.05) is 33.8 Å². The largest absolute Gasteiger partial charge is 0.490 e. The van der Waals surface area contributed by atoms with Crippen LogP contribution in [-0.2, 0) is 18.9 Å². The first-order chi connectivity index (χ1) is 16.0. The summed E-state index contributed by atoms with van der Waals surface area (Å²) in [6.07, 6.45) is 3.09. The molecule has 0 aromatic heterocycles. The molecule has 0 bridgehead atoms. The fourth-order valence-electron chi connectivity index (χ4n) is 4.78. The van der Waals surface area contributed by atoms with Gasteiger partial charge in [-0.3, -0.25) is 29.4 Å². The summed E-state index contributed by atoms with van der Waals surface area (Å²) in [6, 6.07) is 4.22. The van der Waals surface area contributed by atoms with Gasteiger partial charge >= 0.3 is 7.12 Å². The van der Waals surface area contributed by atoms with Crippen LogP contribution < -0.4 is 10.2 Å². The molecule has 4 amide bonds. The van der Waals surface area contributed by atoms with Gasteiger partial charge in [0.25, 0.3) is 11.8 Å². The summed E-state index contributed by atoms with van der Waals surface area (Å²) in [5.41, 5.74) is 1.71. The molecule has 0 spiro atoms. The SMILES string of the molecule is CC1(C)OB(C2=CCN(c3ccc4c(c3)C(=O)N(C3CCC(=O)NC3=O)C4=O)CC2)OC1(C)C. The number of benzene rings is 1. The van der Waals surface area contributed by atoms with E-state index in [0.29, 0.717) is 13.1 Å². The standard InChI is InChI=1S/C24H28BN3O6/c1-23(2)24(3,4)34-25(33-23)14-9-11-27(12-10-14)15-5-6-16-17(13-15)22(32)28(21(16)31)18-7-8-19(29)26-20(18)30/h5-6,9,13,18H,7-8,10-12H2,1-4H3,(H,26,29,30). The van der Waals surface area contributed by atoms with Gasteiger partial charge in [-0.2, -0.15) is 0 Å². The van der Waals surface area contributed by atoms with Gasteiger partial charge in [-0.25, -0.2) is 0 Å². The van der Waals surface area contributed by atoms with Crippen LogP contribution in [-0.4, -0.2) is 66.0 Å². The van der Waals surface area contributed by atoms with E-state index in [1.54, 1.807) is 12.1 Å². The number of amides is 4. The Kier molecular flexibility index (Phi) is 5.22. The van der Waals surface area contributed by atoms with Crippen LogP contribution in [0.2, 0.25) is 0 Å². The number of nitrogens with one attached hydrogen (secondary N) is 1. The minimum absolute atomic E-state index is 0.0975. The third-order valence-electron chi connectivity index (χ3n) is 7.59. The number of imide groups is 2. The van der Waals surface area contributed by atoms with Gasteiger partial charge in [0.15, 0.2) is 0 Å². The van der Waals surface area contributed by atoms with Crippen LogP contribution in [0.4, 0.5) is 5.69 Å². The van der Waals surface area contributed by atoms with Crippen LogP contribution in [0.15, 0.2) is 29.7 Å². The van der Waals surface area contributed by atoms with E-state index in [0.717, 1.165) is 22.5 Å². The van der Waals surface area contributed by atoms with Gasteiger partial charge in [0.2, 0.25) is 11.8 Å². The minimum Gasteiger partial charge on any atom is -0.400 e. The second-order valence-electron chi connectivity index (χ2n) is 10.2. The monoisotopic (exact) mass is 465 g/mol. The van der Waals surface area contributed by atoms with E-state index in [1.165, 1.54) is 0 Å². The Morgan fingerprint density at radius 3 is 2.26 bits per heavy atom. The molecule has 1 aromatic carbocycles. The number of piperidine rings is 1. The lowest BCUT2D eigenvalue weighted by atomic mass is 9.74. The molecule has 2 saturated heterocycles. The van der Waals surface area contributed by atoms with Crippen LogP contribution in [0.25, 0.3) is 0 Å². The van der Waals surface area contributed by atoms with Crippen molar-refractivity contribution in [1.29, 1.82) is 0 Å². The number of carbonyl (C=O) groups excluding carboxylic acids is 4. The molecule has 0 radical (unpaired) electrons. The van der Waals surface area contributed by atoms with Crippen molar-refractivity contribution < 1.29 is 28.5 Å². The number of rotatable bonds is 3. The van der Waals surface area contributed by atoms with Crippen molar-refractivity contribution >= 4 is 36.4 Å². The molecule has 34 heavy (non-hydrogen) atoms. The maximum Gasteiger partial charge on any atom is 0.490 e. The molecule has 1 unspecified atom stereocenters. The minimum atomic E-state index is -0.964. The first kappa shape index (κ1) is 22.8. The fraction of sp³-hybridized carbons (Fsp3) is 0.500. The van der Waals surface area contributed by atoms with Crippen LogP contribution >= 0.6 is 0 Å². The van der Waals surface area contributed by atoms with E-state index in [2.05, 4.69) is 16.3 Å². The average molecular weight is 465 g/mol. The highest BCUT2D eigenvalue weighted by Crippen LogP contribution is 2.40. The van der Waals surface area contributed by atoms with Gasteiger partial charge < -0.3 is 14.2 Å². The summed E-state index contributed by atoms with van der Waals surface area (Å²) in [5, 5.41) is 2.22. The summed E-state index contributed by atoms with van der Waals surface area (Å²) in [7, 11) is -0.367. The van der Waals surface area contributed by atoms with Crippen molar-refractivity contribution in [2.75, 3.05) is 18.0 Å². The second kappa shape index (κ2) is 7.78. The number of carbonyl (C=O) groups is 4. The lowest BCUT2D eigenvalue weighted by Gasteiger charge is -2.32. The smallest absolute Gasteiger partial charge is 0.400 e. The zero-order chi connectivity index (χ0) is 24.4. The quantitative estimate of drug-likeness (QED) is 0.537. The van der Waals surface area contributed by atoms with E-state index < -0.39 is 40.9 Å². The van der Waals surface area contributed by atoms with E-state index in [-0.39, 0.29) is 31.1 Å². The molecule has 0 aliphatic carbocycles. The summed E-state index contributed by atoms with van der Waals surface area (Å²) in [5.74, 6) is -2.00. The van der Waals surface area contributed by atoms with E-state index in [4.69, 9.17) is 9.31 Å². The Labute approximate surface area is 198 Å². The lowest BCUT2D eigenvalue weighted by Crippen LogP contribution is -2.54. The molecule has 0 saturated carbocycles. The van der Waals surface area contributed by atoms with Crippen molar-refractivity contribution in [2.45, 2.75) is 64.2 Å². The normalized spacial score (nSPS) is 26.1. The highest BCUT2D eigenvalue weighted by Gasteiger charge is 2.52. The lowest BCUT2D eigenvalue weighted by molar-refractivity contribution is -0.136. The Morgan fingerprint density at radius 1 is 0.971 bits per heavy atom. The zero-order valence-electron chi connectivity index (χ0n) is 19.8. The number of hydrogen-bond acceptors (Lipinski definition) is 7. The van der Waals surface area contributed by atoms with Crippen LogP contribution in [0.3, 0.4) is 0 Å². The van der Waals surface area contributed by atoms with Crippen LogP contribution in [0.1, 0.15) is 67.7 Å². The Morgan fingerprint density at radius 2 is 1.65 bits per heavy atom. The maximum absolute atomic E-state index is 13.1. The molecule has 2 fully saturated rings. The highest BCUT2D eigenvalue weighted by molar-refractivity contribution is 6.54. The molecule has 1 atom stereocenters. The average Bonchev–Trinajstić information content (AvgIpc) is 3.16. The molecular formula is C24H28BN3O6. The van der Waals surface area contributed by atoms with Crippen LogP contribution in [0, 0.1) is 0 Å². The molecule has 9 nitrogen and oxygen atoms in total. The topological polar surface area (TPSA) is 105 Å². The molecule has 178 valence electrons. The molecule has 4 aliphatic heterocycles. The predicted molar refractivity (Wildman–Crippen MR) is 124 cm³/mol. The van der Waals surface area contributed by atoms with Crippen molar-refractivity contribution in [1.82, 2.24) is 10.2 Å². The third kappa shape index (κ3) is 3.56. The van der Waals surface area contributed by atoms with E-state index in [9.17, 15) is 19.2 Å². The number of fused-ring (bicyclic) bond motifs is 1. The van der Waals surface area contributed by atoms with Crippen molar-refractivity contribution in [3.05, 3.63) is 40.9 Å². The molecule has 4 heterocycles. The predicted octanol–water partition coefficient (Wildman–Crippen LogP) is 1.86. The second-order valence-corrected chi connectivity index (χ2v) is 10.2. The van der Waals surface area contributed by atoms with Gasteiger partial charge in [0.1, 0.15) is 6.04 Å². The fourth-order valence-corrected chi connectivity index (χ4v) is 4.78. The van der Waals surface area contributed by atoms with Crippen molar-refractivity contribution in [3.63, 3.8) is 0 Å². The third-order valence-corrected chi connectivity index (χ3v) is 7.59. The number of anilines is 1.